The van der Waals surface area contributed by atoms with E-state index < -0.39 is 40.5 Å². The summed E-state index contributed by atoms with van der Waals surface area (Å²) in [5.41, 5.74) is 1.30. The van der Waals surface area contributed by atoms with Crippen molar-refractivity contribution in [2.24, 2.45) is 11.8 Å². The fraction of sp³-hybridized carbons (Fsp3) is 0.515. The third kappa shape index (κ3) is 8.82. The quantitative estimate of drug-likeness (QED) is 0.229. The van der Waals surface area contributed by atoms with Crippen LogP contribution in [0.4, 0.5) is 9.59 Å². The molecule has 0 spiro atoms. The number of benzene rings is 2. The Morgan fingerprint density at radius 1 is 1.06 bits per heavy atom. The predicted octanol–water partition coefficient (Wildman–Crippen LogP) is 3.79. The third-order valence-electron chi connectivity index (χ3n) is 8.13. The van der Waals surface area contributed by atoms with E-state index >= 15 is 0 Å². The summed E-state index contributed by atoms with van der Waals surface area (Å²) >= 11 is 0. The summed E-state index contributed by atoms with van der Waals surface area (Å²) in [5.74, 6) is 0.311. The summed E-state index contributed by atoms with van der Waals surface area (Å²) in [5, 5.41) is 17.5. The van der Waals surface area contributed by atoms with E-state index in [1.165, 1.54) is 16.4 Å². The van der Waals surface area contributed by atoms with E-state index in [-0.39, 0.29) is 62.3 Å². The molecular weight excluding hydrogens is 630 g/mol. The fourth-order valence-corrected chi connectivity index (χ4v) is 7.51. The summed E-state index contributed by atoms with van der Waals surface area (Å²) in [4.78, 5) is 24.8. The number of fused-ring (bicyclic) bond motifs is 2. The number of ether oxygens (including phenoxy) is 4. The van der Waals surface area contributed by atoms with Crippen molar-refractivity contribution in [2.45, 2.75) is 69.6 Å². The van der Waals surface area contributed by atoms with Crippen LogP contribution in [0.15, 0.2) is 63.9 Å². The van der Waals surface area contributed by atoms with Gasteiger partial charge in [-0.3, -0.25) is 0 Å². The summed E-state index contributed by atoms with van der Waals surface area (Å²) in [6, 6.07) is 14.6. The Morgan fingerprint density at radius 2 is 1.85 bits per heavy atom. The van der Waals surface area contributed by atoms with Crippen LogP contribution in [0.2, 0.25) is 0 Å². The molecule has 0 aliphatic carbocycles. The monoisotopic (exact) mass is 673 g/mol. The standard InChI is InChI=1S/C33H43N3O10S/c1-4-42-32(38)34-17-24-15-23-16-25(10-11-29(23)45-24)47(40,41)36(18-21(2)3)19-28(37)27(14-22-8-6-5-7-9-22)35-33(39)46-30-20-44-31-26(30)12-13-43-31/h5-11,15-16,21,26-28,30-31,37H,4,12-14,17-20H2,1-3H3,(H,34,38)(H,35,39)/t26-,27-,28+,30-,31+/m0/s1. The predicted molar refractivity (Wildman–Crippen MR) is 171 cm³/mol. The summed E-state index contributed by atoms with van der Waals surface area (Å²) < 4.78 is 56.8. The van der Waals surface area contributed by atoms with Gasteiger partial charge in [-0.25, -0.2) is 18.0 Å². The number of sulfonamides is 1. The molecule has 2 aliphatic rings. The highest BCUT2D eigenvalue weighted by molar-refractivity contribution is 7.89. The number of hydrogen-bond acceptors (Lipinski definition) is 10. The molecule has 2 amide bonds. The molecule has 0 saturated carbocycles. The SMILES string of the molecule is CCOC(=O)NCc1cc2cc(S(=O)(=O)N(CC(C)C)C[C@@H](O)[C@H](Cc3ccccc3)NC(=O)O[C@H]3CO[C@H]4OCC[C@H]43)ccc2o1. The molecule has 256 valence electrons. The minimum atomic E-state index is -4.10. The smallest absolute Gasteiger partial charge is 0.407 e. The minimum Gasteiger partial charge on any atom is -0.459 e. The first-order valence-corrected chi connectivity index (χ1v) is 17.3. The van der Waals surface area contributed by atoms with E-state index in [1.807, 2.05) is 44.2 Å². The van der Waals surface area contributed by atoms with Crippen LogP contribution in [0.3, 0.4) is 0 Å². The Labute approximate surface area is 274 Å². The lowest BCUT2D eigenvalue weighted by atomic mass is 10.0. The highest BCUT2D eigenvalue weighted by Crippen LogP contribution is 2.33. The molecule has 5 atom stereocenters. The number of aliphatic hydroxyl groups excluding tert-OH is 1. The van der Waals surface area contributed by atoms with Crippen LogP contribution in [-0.2, 0) is 41.9 Å². The zero-order chi connectivity index (χ0) is 33.6. The van der Waals surface area contributed by atoms with Crippen molar-refractivity contribution in [3.8, 4) is 0 Å². The molecule has 5 rings (SSSR count). The lowest BCUT2D eigenvalue weighted by Gasteiger charge is -2.31. The van der Waals surface area contributed by atoms with Gasteiger partial charge in [0.05, 0.1) is 49.3 Å². The maximum Gasteiger partial charge on any atom is 0.407 e. The molecule has 13 nitrogen and oxygen atoms in total. The number of carbonyl (C=O) groups excluding carboxylic acids is 2. The lowest BCUT2D eigenvalue weighted by molar-refractivity contribution is -0.0907. The number of alkyl carbamates (subject to hydrolysis) is 2. The second kappa shape index (κ2) is 15.5. The van der Waals surface area contributed by atoms with Gasteiger partial charge in [-0.1, -0.05) is 44.2 Å². The highest BCUT2D eigenvalue weighted by Gasteiger charge is 2.44. The van der Waals surface area contributed by atoms with Gasteiger partial charge in [-0.2, -0.15) is 4.31 Å². The Balaban J connectivity index is 1.32. The molecule has 47 heavy (non-hydrogen) atoms. The molecule has 0 unspecified atom stereocenters. The minimum absolute atomic E-state index is 0.0186. The van der Waals surface area contributed by atoms with Gasteiger partial charge in [0.25, 0.3) is 0 Å². The highest BCUT2D eigenvalue weighted by atomic mass is 32.2. The van der Waals surface area contributed by atoms with Crippen molar-refractivity contribution in [3.05, 3.63) is 65.9 Å². The Bertz CT molecular complexity index is 1610. The molecule has 2 saturated heterocycles. The number of carbonyl (C=O) groups is 2. The number of rotatable bonds is 14. The second-order valence-electron chi connectivity index (χ2n) is 12.2. The van der Waals surface area contributed by atoms with E-state index in [9.17, 15) is 23.1 Å². The van der Waals surface area contributed by atoms with Gasteiger partial charge in [0.1, 0.15) is 17.4 Å². The van der Waals surface area contributed by atoms with Crippen LogP contribution in [0.25, 0.3) is 11.0 Å². The van der Waals surface area contributed by atoms with Crippen molar-refractivity contribution in [2.75, 3.05) is 32.9 Å². The van der Waals surface area contributed by atoms with Gasteiger partial charge < -0.3 is 39.1 Å². The first-order chi connectivity index (χ1) is 22.5. The normalized spacial score (nSPS) is 20.7. The molecular formula is C33H43N3O10S. The number of nitrogens with one attached hydrogen (secondary N) is 2. The van der Waals surface area contributed by atoms with Gasteiger partial charge in [0, 0.05) is 18.5 Å². The van der Waals surface area contributed by atoms with Gasteiger partial charge >= 0.3 is 12.2 Å². The fourth-order valence-electron chi connectivity index (χ4n) is 5.85. The van der Waals surface area contributed by atoms with Crippen LogP contribution in [0.5, 0.6) is 0 Å². The van der Waals surface area contributed by atoms with Gasteiger partial charge in [0.2, 0.25) is 10.0 Å². The molecule has 1 aromatic heterocycles. The molecule has 2 aromatic carbocycles. The van der Waals surface area contributed by atoms with E-state index in [0.29, 0.717) is 23.3 Å². The molecule has 0 bridgehead atoms. The van der Waals surface area contributed by atoms with Crippen molar-refractivity contribution in [1.82, 2.24) is 14.9 Å². The van der Waals surface area contributed by atoms with E-state index in [1.54, 1.807) is 19.1 Å². The summed E-state index contributed by atoms with van der Waals surface area (Å²) in [7, 11) is -4.10. The van der Waals surface area contributed by atoms with Crippen LogP contribution in [-0.4, -0.2) is 87.5 Å². The Hall–Kier alpha value is -3.69. The van der Waals surface area contributed by atoms with Gasteiger partial charge in [0.15, 0.2) is 6.29 Å². The summed E-state index contributed by atoms with van der Waals surface area (Å²) in [6.07, 6.45) is -2.49. The first-order valence-electron chi connectivity index (χ1n) is 15.9. The van der Waals surface area contributed by atoms with E-state index in [4.69, 9.17) is 23.4 Å². The summed E-state index contributed by atoms with van der Waals surface area (Å²) in [6.45, 7) is 6.38. The van der Waals surface area contributed by atoms with Crippen LogP contribution in [0.1, 0.15) is 38.5 Å². The Kier molecular flexibility index (Phi) is 11.4. The zero-order valence-electron chi connectivity index (χ0n) is 26.8. The maximum absolute atomic E-state index is 14.1. The third-order valence-corrected chi connectivity index (χ3v) is 9.96. The van der Waals surface area contributed by atoms with Crippen LogP contribution in [0, 0.1) is 11.8 Å². The number of hydrogen-bond donors (Lipinski definition) is 3. The molecule has 2 fully saturated rings. The molecule has 3 aromatic rings. The number of nitrogens with zero attached hydrogens (tertiary/aromatic N) is 1. The maximum atomic E-state index is 14.1. The van der Waals surface area contributed by atoms with Crippen molar-refractivity contribution < 1.29 is 46.5 Å². The molecule has 3 heterocycles. The van der Waals surface area contributed by atoms with Crippen molar-refractivity contribution in [1.29, 1.82) is 0 Å². The van der Waals surface area contributed by atoms with Gasteiger partial charge in [-0.15, -0.1) is 0 Å². The number of amides is 2. The molecule has 14 heteroatoms. The first kappa shape index (κ1) is 34.6. The topological polar surface area (TPSA) is 166 Å². The van der Waals surface area contributed by atoms with Crippen molar-refractivity contribution in [3.63, 3.8) is 0 Å². The average molecular weight is 674 g/mol. The average Bonchev–Trinajstić information content (AvgIpc) is 3.76. The lowest BCUT2D eigenvalue weighted by Crippen LogP contribution is -2.51. The molecule has 0 radical (unpaired) electrons. The zero-order valence-corrected chi connectivity index (χ0v) is 27.6. The number of aliphatic hydroxyl groups is 1. The van der Waals surface area contributed by atoms with Crippen LogP contribution >= 0.6 is 0 Å². The number of furan rings is 1. The molecule has 3 N–H and O–H groups in total. The van der Waals surface area contributed by atoms with Gasteiger partial charge in [-0.05, 0) is 55.5 Å². The van der Waals surface area contributed by atoms with E-state index in [0.717, 1.165) is 12.0 Å². The molecule has 2 aliphatic heterocycles. The Morgan fingerprint density at radius 3 is 2.60 bits per heavy atom. The van der Waals surface area contributed by atoms with E-state index in [2.05, 4.69) is 10.6 Å². The second-order valence-corrected chi connectivity index (χ2v) is 14.1. The largest absolute Gasteiger partial charge is 0.459 e. The van der Waals surface area contributed by atoms with Crippen LogP contribution < -0.4 is 10.6 Å². The van der Waals surface area contributed by atoms with Crippen molar-refractivity contribution >= 4 is 33.2 Å².